The van der Waals surface area contributed by atoms with Crippen LogP contribution in [0.4, 0.5) is 9.18 Å². The molecule has 0 aliphatic rings. The zero-order valence-corrected chi connectivity index (χ0v) is 13.4. The minimum atomic E-state index is -0.882. The van der Waals surface area contributed by atoms with E-state index >= 15 is 0 Å². The van der Waals surface area contributed by atoms with Gasteiger partial charge in [-0.05, 0) is 57.4 Å². The molecule has 2 aromatic rings. The number of fused-ring (bicyclic) bond motifs is 1. The summed E-state index contributed by atoms with van der Waals surface area (Å²) in [6, 6.07) is 4.16. The van der Waals surface area contributed by atoms with Crippen LogP contribution in [0, 0.1) is 5.82 Å². The smallest absolute Gasteiger partial charge is 0.419 e. The fourth-order valence-corrected chi connectivity index (χ4v) is 2.36. The number of nitrogens with zero attached hydrogens (tertiary/aromatic N) is 1. The van der Waals surface area contributed by atoms with E-state index in [2.05, 4.69) is 0 Å². The van der Waals surface area contributed by atoms with Crippen LogP contribution in [-0.4, -0.2) is 27.3 Å². The first-order valence-corrected chi connectivity index (χ1v) is 7.42. The SMILES string of the molecule is CC(C)(C)OC(=O)n1cc(CCCC(=O)O)c2cc(F)ccc21. The molecule has 124 valence electrons. The predicted molar refractivity (Wildman–Crippen MR) is 84.1 cm³/mol. The van der Waals surface area contributed by atoms with E-state index in [0.717, 1.165) is 5.56 Å². The maximum Gasteiger partial charge on any atom is 0.419 e. The molecular weight excluding hydrogens is 301 g/mol. The van der Waals surface area contributed by atoms with Gasteiger partial charge in [0, 0.05) is 18.0 Å². The number of carboxylic acid groups (broad SMARTS) is 1. The van der Waals surface area contributed by atoms with Gasteiger partial charge in [0.15, 0.2) is 0 Å². The van der Waals surface area contributed by atoms with Gasteiger partial charge in [0.25, 0.3) is 0 Å². The molecule has 0 aliphatic heterocycles. The molecule has 0 saturated carbocycles. The van der Waals surface area contributed by atoms with Crippen molar-refractivity contribution in [3.05, 3.63) is 35.8 Å². The maximum atomic E-state index is 13.5. The van der Waals surface area contributed by atoms with E-state index in [4.69, 9.17) is 9.84 Å². The summed E-state index contributed by atoms with van der Waals surface area (Å²) in [6.07, 6.45) is 1.94. The number of aliphatic carboxylic acids is 1. The number of carboxylic acids is 1. The fourth-order valence-electron chi connectivity index (χ4n) is 2.36. The summed E-state index contributed by atoms with van der Waals surface area (Å²) in [6.45, 7) is 5.30. The number of hydrogen-bond acceptors (Lipinski definition) is 3. The first kappa shape index (κ1) is 17.0. The van der Waals surface area contributed by atoms with Crippen molar-refractivity contribution in [3.8, 4) is 0 Å². The van der Waals surface area contributed by atoms with Crippen molar-refractivity contribution < 1.29 is 23.8 Å². The third-order valence-corrected chi connectivity index (χ3v) is 3.28. The summed E-state index contributed by atoms with van der Waals surface area (Å²) < 4.78 is 20.2. The van der Waals surface area contributed by atoms with E-state index < -0.39 is 23.5 Å². The predicted octanol–water partition coefficient (Wildman–Crippen LogP) is 3.97. The number of ether oxygens (including phenoxy) is 1. The molecule has 1 heterocycles. The Labute approximate surface area is 133 Å². The Bertz CT molecular complexity index is 743. The number of halogens is 1. The third-order valence-electron chi connectivity index (χ3n) is 3.28. The monoisotopic (exact) mass is 321 g/mol. The van der Waals surface area contributed by atoms with Crippen LogP contribution < -0.4 is 0 Å². The molecule has 1 aromatic carbocycles. The number of carbonyl (C=O) groups excluding carboxylic acids is 1. The number of aryl methyl sites for hydroxylation is 1. The number of benzene rings is 1. The van der Waals surface area contributed by atoms with Gasteiger partial charge in [0.2, 0.25) is 0 Å². The van der Waals surface area contributed by atoms with Crippen molar-refractivity contribution in [2.24, 2.45) is 0 Å². The average Bonchev–Trinajstić information content (AvgIpc) is 2.75. The van der Waals surface area contributed by atoms with Gasteiger partial charge in [-0.3, -0.25) is 9.36 Å². The first-order valence-electron chi connectivity index (χ1n) is 7.42. The van der Waals surface area contributed by atoms with Crippen molar-refractivity contribution in [2.45, 2.75) is 45.6 Å². The normalized spacial score (nSPS) is 11.7. The van der Waals surface area contributed by atoms with E-state index in [0.29, 0.717) is 23.7 Å². The Kier molecular flexibility index (Phi) is 4.73. The summed E-state index contributed by atoms with van der Waals surface area (Å²) in [5.41, 5.74) is 0.634. The molecule has 0 unspecified atom stereocenters. The standard InChI is InChI=1S/C17H20FNO4/c1-17(2,3)23-16(22)19-10-11(5-4-6-15(20)21)13-9-12(18)7-8-14(13)19/h7-10H,4-6H2,1-3H3,(H,20,21). The molecular formula is C17H20FNO4. The lowest BCUT2D eigenvalue weighted by Crippen LogP contribution is -2.26. The topological polar surface area (TPSA) is 68.5 Å². The highest BCUT2D eigenvalue weighted by Gasteiger charge is 2.21. The van der Waals surface area contributed by atoms with Crippen LogP contribution in [0.25, 0.3) is 10.9 Å². The molecule has 1 aromatic heterocycles. The van der Waals surface area contributed by atoms with Crippen molar-refractivity contribution in [3.63, 3.8) is 0 Å². The van der Waals surface area contributed by atoms with Gasteiger partial charge in [-0.15, -0.1) is 0 Å². The van der Waals surface area contributed by atoms with E-state index in [-0.39, 0.29) is 6.42 Å². The summed E-state index contributed by atoms with van der Waals surface area (Å²) in [4.78, 5) is 22.9. The van der Waals surface area contributed by atoms with Gasteiger partial charge in [0.05, 0.1) is 5.52 Å². The van der Waals surface area contributed by atoms with Gasteiger partial charge in [-0.25, -0.2) is 9.18 Å². The molecule has 6 heteroatoms. The first-order chi connectivity index (χ1) is 10.7. The van der Waals surface area contributed by atoms with Crippen molar-refractivity contribution in [1.82, 2.24) is 4.57 Å². The van der Waals surface area contributed by atoms with Crippen molar-refractivity contribution in [1.29, 1.82) is 0 Å². The second kappa shape index (κ2) is 6.40. The van der Waals surface area contributed by atoms with E-state index in [1.54, 1.807) is 27.0 Å². The van der Waals surface area contributed by atoms with E-state index in [9.17, 15) is 14.0 Å². The highest BCUT2D eigenvalue weighted by molar-refractivity contribution is 5.92. The second-order valence-electron chi connectivity index (χ2n) is 6.41. The Hall–Kier alpha value is -2.37. The number of aromatic nitrogens is 1. The van der Waals surface area contributed by atoms with Gasteiger partial charge >= 0.3 is 12.1 Å². The molecule has 0 fully saturated rings. The lowest BCUT2D eigenvalue weighted by atomic mass is 10.1. The second-order valence-corrected chi connectivity index (χ2v) is 6.41. The van der Waals surface area contributed by atoms with E-state index in [1.807, 2.05) is 0 Å². The highest BCUT2D eigenvalue weighted by Crippen LogP contribution is 2.25. The van der Waals surface area contributed by atoms with Crippen LogP contribution in [0.3, 0.4) is 0 Å². The van der Waals surface area contributed by atoms with Crippen LogP contribution in [0.15, 0.2) is 24.4 Å². The van der Waals surface area contributed by atoms with Gasteiger partial charge in [-0.1, -0.05) is 0 Å². The van der Waals surface area contributed by atoms with Crippen molar-refractivity contribution in [2.75, 3.05) is 0 Å². The Morgan fingerprint density at radius 1 is 1.30 bits per heavy atom. The molecule has 0 amide bonds. The fraction of sp³-hybridized carbons (Fsp3) is 0.412. The Morgan fingerprint density at radius 3 is 2.61 bits per heavy atom. The number of rotatable bonds is 4. The summed E-state index contributed by atoms with van der Waals surface area (Å²) >= 11 is 0. The van der Waals surface area contributed by atoms with Gasteiger partial charge < -0.3 is 9.84 Å². The Balaban J connectivity index is 2.37. The third kappa shape index (κ3) is 4.31. The van der Waals surface area contributed by atoms with Crippen molar-refractivity contribution >= 4 is 23.0 Å². The van der Waals surface area contributed by atoms with Crippen LogP contribution in [0.5, 0.6) is 0 Å². The Morgan fingerprint density at radius 2 is 2.00 bits per heavy atom. The van der Waals surface area contributed by atoms with Crippen LogP contribution in [0.1, 0.15) is 39.2 Å². The summed E-state index contributed by atoms with van der Waals surface area (Å²) in [5.74, 6) is -1.29. The lowest BCUT2D eigenvalue weighted by Gasteiger charge is -2.19. The number of carbonyl (C=O) groups is 2. The molecule has 0 saturated heterocycles. The quantitative estimate of drug-likeness (QED) is 0.925. The van der Waals surface area contributed by atoms with Crippen LogP contribution in [0.2, 0.25) is 0 Å². The van der Waals surface area contributed by atoms with E-state index in [1.165, 1.54) is 22.8 Å². The molecule has 0 atom stereocenters. The minimum absolute atomic E-state index is 0.0222. The minimum Gasteiger partial charge on any atom is -0.481 e. The maximum absolute atomic E-state index is 13.5. The summed E-state index contributed by atoms with van der Waals surface area (Å²) in [7, 11) is 0. The van der Waals surface area contributed by atoms with Crippen LogP contribution in [-0.2, 0) is 16.0 Å². The molecule has 1 N–H and O–H groups in total. The van der Waals surface area contributed by atoms with Gasteiger partial charge in [0.1, 0.15) is 11.4 Å². The highest BCUT2D eigenvalue weighted by atomic mass is 19.1. The molecule has 2 rings (SSSR count). The molecule has 5 nitrogen and oxygen atoms in total. The average molecular weight is 321 g/mol. The lowest BCUT2D eigenvalue weighted by molar-refractivity contribution is -0.137. The zero-order chi connectivity index (χ0) is 17.2. The molecule has 23 heavy (non-hydrogen) atoms. The number of hydrogen-bond donors (Lipinski definition) is 1. The van der Waals surface area contributed by atoms with Gasteiger partial charge in [-0.2, -0.15) is 0 Å². The zero-order valence-electron chi connectivity index (χ0n) is 13.4. The van der Waals surface area contributed by atoms with Crippen LogP contribution >= 0.6 is 0 Å². The summed E-state index contributed by atoms with van der Waals surface area (Å²) in [5, 5.41) is 9.33. The molecule has 0 bridgehead atoms. The molecule has 0 spiro atoms. The molecule has 0 radical (unpaired) electrons. The molecule has 0 aliphatic carbocycles. The largest absolute Gasteiger partial charge is 0.481 e.